The fraction of sp³-hybridized carbons (Fsp3) is 0.278. The summed E-state index contributed by atoms with van der Waals surface area (Å²) in [7, 11) is 3.94. The van der Waals surface area contributed by atoms with Crippen molar-refractivity contribution in [2.45, 2.75) is 19.3 Å². The number of anilines is 1. The summed E-state index contributed by atoms with van der Waals surface area (Å²) in [4.78, 5) is 27.3. The van der Waals surface area contributed by atoms with E-state index in [9.17, 15) is 9.18 Å². The number of hydrogen-bond acceptors (Lipinski definition) is 7. The molecular formula is C36H37FN8O2. The average Bonchev–Trinajstić information content (AvgIpc) is 3.69. The van der Waals surface area contributed by atoms with Crippen molar-refractivity contribution >= 4 is 33.4 Å². The summed E-state index contributed by atoms with van der Waals surface area (Å²) in [5, 5.41) is 15.9. The molecule has 1 amide bonds. The van der Waals surface area contributed by atoms with Crippen LogP contribution in [0.25, 0.3) is 55.6 Å². The van der Waals surface area contributed by atoms with Crippen molar-refractivity contribution in [2.24, 2.45) is 5.92 Å². The summed E-state index contributed by atoms with van der Waals surface area (Å²) < 4.78 is 20.6. The maximum absolute atomic E-state index is 14.7. The zero-order chi connectivity index (χ0) is 32.3. The van der Waals surface area contributed by atoms with E-state index in [1.807, 2.05) is 61.5 Å². The van der Waals surface area contributed by atoms with Gasteiger partial charge >= 0.3 is 0 Å². The minimum absolute atomic E-state index is 0.000815. The van der Waals surface area contributed by atoms with Gasteiger partial charge < -0.3 is 25.3 Å². The van der Waals surface area contributed by atoms with E-state index in [2.05, 4.69) is 35.8 Å². The smallest absolute Gasteiger partial charge is 0.224 e. The first-order valence-corrected chi connectivity index (χ1v) is 15.9. The zero-order valence-electron chi connectivity index (χ0n) is 26.4. The molecule has 0 radical (unpaired) electrons. The lowest BCUT2D eigenvalue weighted by Crippen LogP contribution is -2.30. The van der Waals surface area contributed by atoms with Crippen molar-refractivity contribution in [3.63, 3.8) is 0 Å². The molecule has 0 saturated carbocycles. The molecule has 0 bridgehead atoms. The van der Waals surface area contributed by atoms with Gasteiger partial charge in [-0.2, -0.15) is 5.10 Å². The van der Waals surface area contributed by atoms with E-state index >= 15 is 0 Å². The molecule has 1 aliphatic rings. The van der Waals surface area contributed by atoms with Gasteiger partial charge in [-0.3, -0.25) is 19.9 Å². The van der Waals surface area contributed by atoms with Crippen molar-refractivity contribution in [3.05, 3.63) is 79.0 Å². The quantitative estimate of drug-likeness (QED) is 0.141. The van der Waals surface area contributed by atoms with E-state index in [-0.39, 0.29) is 11.7 Å². The van der Waals surface area contributed by atoms with Gasteiger partial charge in [0.15, 0.2) is 0 Å². The Balaban J connectivity index is 1.16. The highest BCUT2D eigenvalue weighted by Gasteiger charge is 2.18. The number of amides is 1. The number of carbonyl (C=O) groups excluding carboxylic acids is 1. The Kier molecular flexibility index (Phi) is 8.64. The summed E-state index contributed by atoms with van der Waals surface area (Å²) in [5.74, 6) is 0.539. The van der Waals surface area contributed by atoms with Crippen LogP contribution in [0, 0.1) is 11.7 Å². The molecule has 5 heterocycles. The van der Waals surface area contributed by atoms with Gasteiger partial charge in [0, 0.05) is 47.1 Å². The van der Waals surface area contributed by atoms with Crippen LogP contribution in [0.4, 0.5) is 10.1 Å². The Bertz CT molecular complexity index is 2050. The van der Waals surface area contributed by atoms with Gasteiger partial charge in [0.2, 0.25) is 5.91 Å². The maximum atomic E-state index is 14.7. The standard InChI is InChI=1S/C36H37FN8O2/c1-45(2)10-11-47-27-15-23(13-25(37)16-27)28-4-3-5-31-29(28)17-33(42-31)36-30-18-32(40-21-34(30)43-44-36)24-14-26(20-39-19-24)41-35(46)12-22-6-8-38-9-7-22/h3-5,13-22,38,42H,6-12H2,1-2H3,(H,41,46)(H,43,44). The summed E-state index contributed by atoms with van der Waals surface area (Å²) in [6, 6.07) is 16.7. The second kappa shape index (κ2) is 13.3. The van der Waals surface area contributed by atoms with Gasteiger partial charge in [0.05, 0.1) is 35.0 Å². The number of fused-ring (bicyclic) bond motifs is 2. The molecule has 0 unspecified atom stereocenters. The molecule has 1 aliphatic heterocycles. The Morgan fingerprint density at radius 1 is 1.00 bits per heavy atom. The van der Waals surface area contributed by atoms with Gasteiger partial charge in [0.1, 0.15) is 23.9 Å². The number of likely N-dealkylation sites (N-methyl/N-ethyl adjacent to an activating group) is 1. The molecule has 1 fully saturated rings. The fourth-order valence-electron chi connectivity index (χ4n) is 6.17. The molecule has 240 valence electrons. The molecule has 7 rings (SSSR count). The first kappa shape index (κ1) is 30.5. The lowest BCUT2D eigenvalue weighted by Gasteiger charge is -2.21. The maximum Gasteiger partial charge on any atom is 0.224 e. The molecule has 4 N–H and O–H groups in total. The predicted octanol–water partition coefficient (Wildman–Crippen LogP) is 6.24. The van der Waals surface area contributed by atoms with E-state index < -0.39 is 0 Å². The van der Waals surface area contributed by atoms with Crippen molar-refractivity contribution in [1.29, 1.82) is 0 Å². The number of hydrogen-bond donors (Lipinski definition) is 4. The van der Waals surface area contributed by atoms with Gasteiger partial charge in [-0.1, -0.05) is 12.1 Å². The van der Waals surface area contributed by atoms with Crippen molar-refractivity contribution in [1.82, 2.24) is 35.4 Å². The topological polar surface area (TPSA) is 124 Å². The highest BCUT2D eigenvalue weighted by Crippen LogP contribution is 2.36. The van der Waals surface area contributed by atoms with Gasteiger partial charge in [0.25, 0.3) is 0 Å². The van der Waals surface area contributed by atoms with Crippen LogP contribution >= 0.6 is 0 Å². The van der Waals surface area contributed by atoms with Crippen LogP contribution < -0.4 is 15.4 Å². The number of piperidine rings is 1. The van der Waals surface area contributed by atoms with Crippen molar-refractivity contribution < 1.29 is 13.9 Å². The van der Waals surface area contributed by atoms with Crippen LogP contribution in [-0.4, -0.2) is 76.3 Å². The summed E-state index contributed by atoms with van der Waals surface area (Å²) in [5.41, 5.74) is 6.98. The molecule has 47 heavy (non-hydrogen) atoms. The normalized spacial score (nSPS) is 13.9. The Hall–Kier alpha value is -5.13. The third-order valence-corrected chi connectivity index (χ3v) is 8.61. The molecule has 0 spiro atoms. The third kappa shape index (κ3) is 6.86. The lowest BCUT2D eigenvalue weighted by atomic mass is 9.94. The van der Waals surface area contributed by atoms with Crippen LogP contribution in [0.15, 0.2) is 73.2 Å². The van der Waals surface area contributed by atoms with E-state index in [1.165, 1.54) is 12.1 Å². The van der Waals surface area contributed by atoms with Crippen LogP contribution in [0.1, 0.15) is 19.3 Å². The summed E-state index contributed by atoms with van der Waals surface area (Å²) >= 11 is 0. The van der Waals surface area contributed by atoms with Crippen molar-refractivity contribution in [3.8, 4) is 39.5 Å². The molecule has 10 nitrogen and oxygen atoms in total. The van der Waals surface area contributed by atoms with Gasteiger partial charge in [-0.25, -0.2) is 4.39 Å². The molecule has 2 aromatic carbocycles. The van der Waals surface area contributed by atoms with Crippen molar-refractivity contribution in [2.75, 3.05) is 45.7 Å². The minimum atomic E-state index is -0.353. The number of halogens is 1. The zero-order valence-corrected chi connectivity index (χ0v) is 26.4. The number of pyridine rings is 2. The van der Waals surface area contributed by atoms with Crippen LogP contribution in [0.5, 0.6) is 5.75 Å². The second-order valence-corrected chi connectivity index (χ2v) is 12.4. The van der Waals surface area contributed by atoms with Crippen LogP contribution in [0.3, 0.4) is 0 Å². The number of ether oxygens (including phenoxy) is 1. The number of aromatic nitrogens is 5. The molecule has 11 heteroatoms. The van der Waals surface area contributed by atoms with E-state index in [1.54, 1.807) is 18.6 Å². The first-order valence-electron chi connectivity index (χ1n) is 15.9. The number of nitrogens with zero attached hydrogens (tertiary/aromatic N) is 4. The van der Waals surface area contributed by atoms with E-state index in [0.717, 1.165) is 82.4 Å². The Morgan fingerprint density at radius 3 is 2.72 bits per heavy atom. The van der Waals surface area contributed by atoms with E-state index in [0.29, 0.717) is 36.1 Å². The van der Waals surface area contributed by atoms with Gasteiger partial charge in [-0.05, 0) is 93.5 Å². The minimum Gasteiger partial charge on any atom is -0.492 e. The lowest BCUT2D eigenvalue weighted by molar-refractivity contribution is -0.117. The van der Waals surface area contributed by atoms with Gasteiger partial charge in [-0.15, -0.1) is 0 Å². The monoisotopic (exact) mass is 632 g/mol. The number of nitrogens with one attached hydrogen (secondary N) is 4. The second-order valence-electron chi connectivity index (χ2n) is 12.4. The first-order chi connectivity index (χ1) is 22.9. The third-order valence-electron chi connectivity index (χ3n) is 8.61. The number of benzene rings is 2. The van der Waals surface area contributed by atoms with Crippen LogP contribution in [-0.2, 0) is 4.79 Å². The molecular weight excluding hydrogens is 595 g/mol. The molecule has 4 aromatic heterocycles. The van der Waals surface area contributed by atoms with E-state index in [4.69, 9.17) is 4.74 Å². The predicted molar refractivity (Wildman–Crippen MR) is 183 cm³/mol. The highest BCUT2D eigenvalue weighted by atomic mass is 19.1. The molecule has 0 aliphatic carbocycles. The molecule has 0 atom stereocenters. The number of rotatable bonds is 10. The largest absolute Gasteiger partial charge is 0.492 e. The highest BCUT2D eigenvalue weighted by molar-refractivity contribution is 6.01. The summed E-state index contributed by atoms with van der Waals surface area (Å²) in [6.45, 7) is 3.11. The molecule has 6 aromatic rings. The fourth-order valence-corrected chi connectivity index (χ4v) is 6.17. The number of carbonyl (C=O) groups is 1. The Morgan fingerprint density at radius 2 is 1.87 bits per heavy atom. The average molecular weight is 633 g/mol. The summed E-state index contributed by atoms with van der Waals surface area (Å²) in [6.07, 6.45) is 7.68. The SMILES string of the molecule is CN(C)CCOc1cc(F)cc(-c2cccc3[nH]c(-c4n[nH]c5cnc(-c6cncc(NC(=O)CC7CCNCC7)c6)cc45)cc23)c1. The van der Waals surface area contributed by atoms with Crippen LogP contribution in [0.2, 0.25) is 0 Å². The number of aromatic amines is 2. The number of H-pyrrole nitrogens is 2. The Labute approximate surface area is 271 Å². The molecule has 1 saturated heterocycles.